The molecule has 0 saturated heterocycles. The summed E-state index contributed by atoms with van der Waals surface area (Å²) in [7, 11) is 3.40. The third-order valence-corrected chi connectivity index (χ3v) is 5.51. The molecule has 0 bridgehead atoms. The summed E-state index contributed by atoms with van der Waals surface area (Å²) in [5.41, 5.74) is 2.52. The summed E-state index contributed by atoms with van der Waals surface area (Å²) < 4.78 is 5.21. The van der Waals surface area contributed by atoms with Crippen molar-refractivity contribution in [3.63, 3.8) is 0 Å². The van der Waals surface area contributed by atoms with Crippen molar-refractivity contribution in [2.45, 2.75) is 83.8 Å². The van der Waals surface area contributed by atoms with Gasteiger partial charge in [0.05, 0.1) is 6.61 Å². The van der Waals surface area contributed by atoms with Gasteiger partial charge in [0, 0.05) is 33.2 Å². The predicted octanol–water partition coefficient (Wildman–Crippen LogP) is 5.04. The first kappa shape index (κ1) is 26.9. The zero-order chi connectivity index (χ0) is 22.7. The highest BCUT2D eigenvalue weighted by atomic mass is 16.5. The minimum atomic E-state index is 0.115. The van der Waals surface area contributed by atoms with Crippen LogP contribution in [-0.4, -0.2) is 44.0 Å². The van der Waals surface area contributed by atoms with E-state index in [1.54, 1.807) is 14.2 Å². The van der Waals surface area contributed by atoms with Crippen LogP contribution in [0.5, 0.6) is 0 Å². The normalized spacial score (nSPS) is 12.1. The number of carbonyl (C=O) groups excluding carboxylic acids is 2. The molecule has 31 heavy (non-hydrogen) atoms. The van der Waals surface area contributed by atoms with Crippen molar-refractivity contribution in [3.8, 4) is 0 Å². The van der Waals surface area contributed by atoms with Gasteiger partial charge in [0.25, 0.3) is 0 Å². The molecule has 174 valence electrons. The fourth-order valence-electron chi connectivity index (χ4n) is 3.75. The highest BCUT2D eigenvalue weighted by molar-refractivity contribution is 5.75. The van der Waals surface area contributed by atoms with Gasteiger partial charge in [0.15, 0.2) is 0 Å². The number of aryl methyl sites for hydroxylation is 1. The van der Waals surface area contributed by atoms with Crippen molar-refractivity contribution in [2.75, 3.05) is 20.7 Å². The van der Waals surface area contributed by atoms with Crippen LogP contribution in [0.15, 0.2) is 36.4 Å². The molecule has 5 nitrogen and oxygen atoms in total. The molecule has 0 aliphatic rings. The van der Waals surface area contributed by atoms with Gasteiger partial charge >= 0.3 is 0 Å². The number of unbranched alkanes of at least 4 members (excludes halogenated alkanes) is 4. The van der Waals surface area contributed by atoms with Crippen molar-refractivity contribution in [3.05, 3.63) is 47.5 Å². The molecular formula is C26H42N2O3. The van der Waals surface area contributed by atoms with E-state index in [9.17, 15) is 9.59 Å². The van der Waals surface area contributed by atoms with Gasteiger partial charge in [-0.25, -0.2) is 0 Å². The van der Waals surface area contributed by atoms with E-state index >= 15 is 0 Å². The van der Waals surface area contributed by atoms with Crippen molar-refractivity contribution in [1.29, 1.82) is 0 Å². The molecule has 0 aliphatic carbocycles. The summed E-state index contributed by atoms with van der Waals surface area (Å²) in [5, 5.41) is 2.66. The second-order valence-electron chi connectivity index (χ2n) is 8.11. The van der Waals surface area contributed by atoms with E-state index in [-0.39, 0.29) is 11.9 Å². The van der Waals surface area contributed by atoms with Crippen LogP contribution in [0.2, 0.25) is 0 Å². The van der Waals surface area contributed by atoms with Gasteiger partial charge in [0.2, 0.25) is 12.3 Å². The fourth-order valence-corrected chi connectivity index (χ4v) is 3.75. The molecular weight excluding hydrogens is 388 g/mol. The third-order valence-electron chi connectivity index (χ3n) is 5.51. The molecule has 1 unspecified atom stereocenters. The number of allylic oxidation sites excluding steroid dienone is 1. The molecule has 0 aromatic heterocycles. The number of nitrogens with one attached hydrogen (secondary N) is 1. The Bertz CT molecular complexity index is 645. The van der Waals surface area contributed by atoms with Crippen LogP contribution in [0, 0.1) is 0 Å². The van der Waals surface area contributed by atoms with E-state index in [0.29, 0.717) is 13.0 Å². The van der Waals surface area contributed by atoms with E-state index in [1.165, 1.54) is 11.1 Å². The number of carbonyl (C=O) groups is 2. The summed E-state index contributed by atoms with van der Waals surface area (Å²) in [6.07, 6.45) is 15.3. The zero-order valence-corrected chi connectivity index (χ0v) is 19.8. The van der Waals surface area contributed by atoms with Crippen molar-refractivity contribution >= 4 is 12.3 Å². The van der Waals surface area contributed by atoms with Crippen LogP contribution in [0.4, 0.5) is 0 Å². The Kier molecular flexibility index (Phi) is 15.2. The fraction of sp³-hybridized carbons (Fsp3) is 0.615. The molecule has 0 fully saturated rings. The Morgan fingerprint density at radius 3 is 2.61 bits per heavy atom. The van der Waals surface area contributed by atoms with Gasteiger partial charge in [-0.2, -0.15) is 0 Å². The first-order valence-corrected chi connectivity index (χ1v) is 11.8. The van der Waals surface area contributed by atoms with E-state index in [0.717, 1.165) is 70.7 Å². The predicted molar refractivity (Wildman–Crippen MR) is 128 cm³/mol. The van der Waals surface area contributed by atoms with Gasteiger partial charge in [-0.05, 0) is 43.2 Å². The lowest BCUT2D eigenvalue weighted by Gasteiger charge is -2.26. The average molecular weight is 431 g/mol. The number of ether oxygens (including phenoxy) is 1. The SMILES string of the molecule is CCCC(/C=C/CCc1cccc(COC)c1)N(C=O)CCCCCCCC(=O)NC. The second kappa shape index (κ2) is 17.5. The van der Waals surface area contributed by atoms with E-state index in [1.807, 2.05) is 4.90 Å². The number of methoxy groups -OCH3 is 1. The third kappa shape index (κ3) is 12.3. The molecule has 1 N–H and O–H groups in total. The molecule has 2 amide bonds. The van der Waals surface area contributed by atoms with E-state index in [4.69, 9.17) is 4.74 Å². The molecule has 1 atom stereocenters. The molecule has 1 aromatic rings. The zero-order valence-electron chi connectivity index (χ0n) is 19.8. The molecule has 0 spiro atoms. The van der Waals surface area contributed by atoms with Crippen molar-refractivity contribution in [1.82, 2.24) is 10.2 Å². The van der Waals surface area contributed by atoms with Crippen LogP contribution in [0.25, 0.3) is 0 Å². The Morgan fingerprint density at radius 2 is 1.90 bits per heavy atom. The van der Waals surface area contributed by atoms with Gasteiger partial charge in [0.1, 0.15) is 0 Å². The lowest BCUT2D eigenvalue weighted by molar-refractivity contribution is -0.121. The van der Waals surface area contributed by atoms with E-state index < -0.39 is 0 Å². The highest BCUT2D eigenvalue weighted by Gasteiger charge is 2.12. The minimum absolute atomic E-state index is 0.115. The molecule has 1 aromatic carbocycles. The number of rotatable bonds is 18. The molecule has 0 saturated carbocycles. The summed E-state index contributed by atoms with van der Waals surface area (Å²) in [5.74, 6) is 0.115. The van der Waals surface area contributed by atoms with Crippen LogP contribution >= 0.6 is 0 Å². The number of benzene rings is 1. The molecule has 1 rings (SSSR count). The summed E-state index contributed by atoms with van der Waals surface area (Å²) >= 11 is 0. The lowest BCUT2D eigenvalue weighted by atomic mass is 10.0. The maximum atomic E-state index is 11.7. The highest BCUT2D eigenvalue weighted by Crippen LogP contribution is 2.13. The van der Waals surface area contributed by atoms with E-state index in [2.05, 4.69) is 48.7 Å². The molecule has 5 heteroatoms. The monoisotopic (exact) mass is 430 g/mol. The quantitative estimate of drug-likeness (QED) is 0.202. The number of hydrogen-bond donors (Lipinski definition) is 1. The first-order chi connectivity index (χ1) is 15.1. The Morgan fingerprint density at radius 1 is 1.16 bits per heavy atom. The topological polar surface area (TPSA) is 58.6 Å². The standard InChI is InChI=1S/C26H42N2O3/c1-4-13-25(17-10-9-14-23-15-12-16-24(20-23)21-31-3)28(22-29)19-11-7-5-6-8-18-26(30)27-2/h10,12,15-17,20,22,25H,4-9,11,13-14,18-19,21H2,1-3H3,(H,27,30)/b17-10+. The van der Waals surface area contributed by atoms with Gasteiger partial charge in [-0.3, -0.25) is 9.59 Å². The van der Waals surface area contributed by atoms with Gasteiger partial charge < -0.3 is 15.0 Å². The Labute approximate surface area is 189 Å². The van der Waals surface area contributed by atoms with Crippen LogP contribution in [-0.2, 0) is 27.4 Å². The number of nitrogens with zero attached hydrogens (tertiary/aromatic N) is 1. The van der Waals surface area contributed by atoms with Gasteiger partial charge in [-0.15, -0.1) is 0 Å². The van der Waals surface area contributed by atoms with Crippen LogP contribution in [0.3, 0.4) is 0 Å². The largest absolute Gasteiger partial charge is 0.380 e. The molecule has 0 aliphatic heterocycles. The maximum Gasteiger partial charge on any atom is 0.219 e. The van der Waals surface area contributed by atoms with Crippen LogP contribution < -0.4 is 5.32 Å². The number of amides is 2. The first-order valence-electron chi connectivity index (χ1n) is 11.8. The lowest BCUT2D eigenvalue weighted by Crippen LogP contribution is -2.33. The maximum absolute atomic E-state index is 11.7. The number of hydrogen-bond acceptors (Lipinski definition) is 3. The van der Waals surface area contributed by atoms with Crippen LogP contribution in [0.1, 0.15) is 75.8 Å². The summed E-state index contributed by atoms with van der Waals surface area (Å²) in [6.45, 7) is 3.61. The Hall–Kier alpha value is -2.14. The Balaban J connectivity index is 2.38. The second-order valence-corrected chi connectivity index (χ2v) is 8.11. The average Bonchev–Trinajstić information content (AvgIpc) is 2.78. The molecule has 0 radical (unpaired) electrons. The summed E-state index contributed by atoms with van der Waals surface area (Å²) in [6, 6.07) is 8.70. The minimum Gasteiger partial charge on any atom is -0.380 e. The summed E-state index contributed by atoms with van der Waals surface area (Å²) in [4.78, 5) is 24.9. The van der Waals surface area contributed by atoms with Crippen molar-refractivity contribution < 1.29 is 14.3 Å². The van der Waals surface area contributed by atoms with Gasteiger partial charge in [-0.1, -0.05) is 69.0 Å². The van der Waals surface area contributed by atoms with Crippen molar-refractivity contribution in [2.24, 2.45) is 0 Å². The smallest absolute Gasteiger partial charge is 0.219 e. The molecule has 0 heterocycles.